The van der Waals surface area contributed by atoms with Crippen LogP contribution in [0.15, 0.2) is 47.4 Å². The van der Waals surface area contributed by atoms with Crippen LogP contribution in [0.5, 0.6) is 0 Å². The summed E-state index contributed by atoms with van der Waals surface area (Å²) in [5, 5.41) is 2.69. The van der Waals surface area contributed by atoms with Gasteiger partial charge in [0.05, 0.1) is 10.6 Å². The fourth-order valence-electron chi connectivity index (χ4n) is 2.27. The topological polar surface area (TPSA) is 75.3 Å². The van der Waals surface area contributed by atoms with Gasteiger partial charge in [-0.2, -0.15) is 0 Å². The fourth-order valence-corrected chi connectivity index (χ4v) is 3.61. The molecule has 2 aromatic rings. The first-order valence-corrected chi connectivity index (χ1v) is 9.49. The minimum absolute atomic E-state index is 0.0101. The molecule has 2 rings (SSSR count). The molecule has 1 amide bonds. The van der Waals surface area contributed by atoms with E-state index in [0.29, 0.717) is 17.7 Å². The molecule has 0 spiro atoms. The first kappa shape index (κ1) is 18.9. The first-order chi connectivity index (χ1) is 11.8. The lowest BCUT2D eigenvalue weighted by Gasteiger charge is -2.13. The summed E-state index contributed by atoms with van der Waals surface area (Å²) >= 11 is 0. The van der Waals surface area contributed by atoms with E-state index < -0.39 is 15.8 Å². The van der Waals surface area contributed by atoms with E-state index in [0.717, 1.165) is 12.8 Å². The minimum Gasteiger partial charge on any atom is -0.326 e. The van der Waals surface area contributed by atoms with Crippen LogP contribution in [0.4, 0.5) is 15.8 Å². The molecule has 0 aliphatic carbocycles. The Hall–Kier alpha value is -2.41. The van der Waals surface area contributed by atoms with Gasteiger partial charge in [0.15, 0.2) is 0 Å². The maximum absolute atomic E-state index is 13.7. The lowest BCUT2D eigenvalue weighted by molar-refractivity contribution is -0.116. The van der Waals surface area contributed by atoms with Gasteiger partial charge < -0.3 is 5.32 Å². The summed E-state index contributed by atoms with van der Waals surface area (Å²) in [5.74, 6) is -0.830. The second-order valence-electron chi connectivity index (χ2n) is 5.72. The van der Waals surface area contributed by atoms with E-state index >= 15 is 0 Å². The lowest BCUT2D eigenvalue weighted by Crippen LogP contribution is -2.16. The van der Waals surface area contributed by atoms with Gasteiger partial charge in [-0.1, -0.05) is 31.5 Å². The highest BCUT2D eigenvalue weighted by Gasteiger charge is 2.19. The molecule has 0 saturated heterocycles. The molecular weight excluding hydrogens is 343 g/mol. The van der Waals surface area contributed by atoms with Crippen molar-refractivity contribution in [3.63, 3.8) is 0 Å². The number of amides is 1. The SMILES string of the molecule is CCCCC(=O)Nc1ccc(C)c(S(=O)(=O)Nc2ccccc2F)c1. The van der Waals surface area contributed by atoms with Crippen molar-refractivity contribution in [2.24, 2.45) is 0 Å². The monoisotopic (exact) mass is 364 g/mol. The Morgan fingerprint density at radius 2 is 1.88 bits per heavy atom. The highest BCUT2D eigenvalue weighted by atomic mass is 32.2. The number of hydrogen-bond acceptors (Lipinski definition) is 3. The summed E-state index contributed by atoms with van der Waals surface area (Å²) in [6.45, 7) is 3.62. The van der Waals surface area contributed by atoms with Crippen LogP contribution in [0, 0.1) is 12.7 Å². The zero-order valence-electron chi connectivity index (χ0n) is 14.2. The van der Waals surface area contributed by atoms with Gasteiger partial charge in [0.2, 0.25) is 5.91 Å². The summed E-state index contributed by atoms with van der Waals surface area (Å²) < 4.78 is 41.2. The number of hydrogen-bond donors (Lipinski definition) is 2. The average Bonchev–Trinajstić information content (AvgIpc) is 2.56. The van der Waals surface area contributed by atoms with Crippen LogP contribution in [0.25, 0.3) is 0 Å². The normalized spacial score (nSPS) is 11.2. The molecule has 0 unspecified atom stereocenters. The quantitative estimate of drug-likeness (QED) is 0.778. The number of anilines is 2. The van der Waals surface area contributed by atoms with Gasteiger partial charge in [-0.3, -0.25) is 9.52 Å². The molecule has 2 N–H and O–H groups in total. The molecule has 5 nitrogen and oxygen atoms in total. The summed E-state index contributed by atoms with van der Waals surface area (Å²) in [6, 6.07) is 10.2. The summed E-state index contributed by atoms with van der Waals surface area (Å²) in [5.41, 5.74) is 0.760. The van der Waals surface area contributed by atoms with Crippen LogP contribution in [0.1, 0.15) is 31.7 Å². The average molecular weight is 364 g/mol. The van der Waals surface area contributed by atoms with E-state index in [1.54, 1.807) is 19.1 Å². The number of carbonyl (C=O) groups excluding carboxylic acids is 1. The molecule has 0 heterocycles. The van der Waals surface area contributed by atoms with Gasteiger partial charge in [-0.25, -0.2) is 12.8 Å². The van der Waals surface area contributed by atoms with E-state index in [1.807, 2.05) is 6.92 Å². The standard InChI is InChI=1S/C18H21FN2O3S/c1-3-4-9-18(22)20-14-11-10-13(2)17(12-14)25(23,24)21-16-8-6-5-7-15(16)19/h5-8,10-12,21H,3-4,9H2,1-2H3,(H,20,22). The van der Waals surface area contributed by atoms with E-state index in [1.165, 1.54) is 30.3 Å². The smallest absolute Gasteiger partial charge is 0.262 e. The Labute approximate surface area is 147 Å². The third-order valence-electron chi connectivity index (χ3n) is 3.64. The number of unbranched alkanes of at least 4 members (excludes halogenated alkanes) is 1. The van der Waals surface area contributed by atoms with Crippen LogP contribution in [0.2, 0.25) is 0 Å². The zero-order valence-corrected chi connectivity index (χ0v) is 15.0. The van der Waals surface area contributed by atoms with Crippen molar-refractivity contribution < 1.29 is 17.6 Å². The summed E-state index contributed by atoms with van der Waals surface area (Å²) in [4.78, 5) is 11.8. The number of nitrogens with one attached hydrogen (secondary N) is 2. The lowest BCUT2D eigenvalue weighted by atomic mass is 10.2. The molecule has 0 radical (unpaired) electrons. The van der Waals surface area contributed by atoms with Gasteiger partial charge in [-0.15, -0.1) is 0 Å². The van der Waals surface area contributed by atoms with Crippen LogP contribution < -0.4 is 10.0 Å². The molecule has 0 aliphatic heterocycles. The third kappa shape index (κ3) is 5.03. The van der Waals surface area contributed by atoms with Gasteiger partial charge in [0, 0.05) is 12.1 Å². The number of benzene rings is 2. The molecule has 0 aromatic heterocycles. The Balaban J connectivity index is 2.26. The minimum atomic E-state index is -3.98. The molecule has 134 valence electrons. The fraction of sp³-hybridized carbons (Fsp3) is 0.278. The van der Waals surface area contributed by atoms with Gasteiger partial charge in [0.1, 0.15) is 5.82 Å². The zero-order chi connectivity index (χ0) is 18.4. The van der Waals surface area contributed by atoms with Crippen LogP contribution in [0.3, 0.4) is 0 Å². The summed E-state index contributed by atoms with van der Waals surface area (Å²) in [7, 11) is -3.98. The van der Waals surface area contributed by atoms with E-state index in [2.05, 4.69) is 10.0 Å². The Bertz CT molecular complexity index is 866. The predicted molar refractivity (Wildman–Crippen MR) is 96.5 cm³/mol. The number of carbonyl (C=O) groups is 1. The maximum Gasteiger partial charge on any atom is 0.262 e. The maximum atomic E-state index is 13.7. The van der Waals surface area contributed by atoms with E-state index in [9.17, 15) is 17.6 Å². The molecule has 0 fully saturated rings. The molecule has 0 saturated carbocycles. The van der Waals surface area contributed by atoms with Crippen molar-refractivity contribution in [2.75, 3.05) is 10.0 Å². The molecule has 2 aromatic carbocycles. The second kappa shape index (κ2) is 8.11. The molecule has 7 heteroatoms. The largest absolute Gasteiger partial charge is 0.326 e. The molecule has 25 heavy (non-hydrogen) atoms. The number of sulfonamides is 1. The molecule has 0 bridgehead atoms. The van der Waals surface area contributed by atoms with E-state index in [-0.39, 0.29) is 16.5 Å². The summed E-state index contributed by atoms with van der Waals surface area (Å²) in [6.07, 6.45) is 2.03. The second-order valence-corrected chi connectivity index (χ2v) is 7.37. The van der Waals surface area contributed by atoms with Crippen LogP contribution >= 0.6 is 0 Å². The van der Waals surface area contributed by atoms with Gasteiger partial charge in [0.25, 0.3) is 10.0 Å². The van der Waals surface area contributed by atoms with Crippen LogP contribution in [-0.4, -0.2) is 14.3 Å². The highest BCUT2D eigenvalue weighted by molar-refractivity contribution is 7.92. The highest BCUT2D eigenvalue weighted by Crippen LogP contribution is 2.24. The van der Waals surface area contributed by atoms with Crippen LogP contribution in [-0.2, 0) is 14.8 Å². The van der Waals surface area contributed by atoms with Gasteiger partial charge in [-0.05, 0) is 43.2 Å². The van der Waals surface area contributed by atoms with Crippen molar-refractivity contribution in [1.82, 2.24) is 0 Å². The number of rotatable bonds is 7. The predicted octanol–water partition coefficient (Wildman–Crippen LogP) is 4.06. The van der Waals surface area contributed by atoms with Crippen molar-refractivity contribution in [1.29, 1.82) is 0 Å². The van der Waals surface area contributed by atoms with Crippen molar-refractivity contribution >= 4 is 27.3 Å². The van der Waals surface area contributed by atoms with Crippen molar-refractivity contribution in [2.45, 2.75) is 38.0 Å². The molecular formula is C18H21FN2O3S. The molecule has 0 atom stereocenters. The Morgan fingerprint density at radius 3 is 2.56 bits per heavy atom. The van der Waals surface area contributed by atoms with E-state index in [4.69, 9.17) is 0 Å². The van der Waals surface area contributed by atoms with Gasteiger partial charge >= 0.3 is 0 Å². The number of halogens is 1. The Morgan fingerprint density at radius 1 is 1.16 bits per heavy atom. The number of aryl methyl sites for hydroxylation is 1. The Kier molecular flexibility index (Phi) is 6.14. The van der Waals surface area contributed by atoms with Crippen molar-refractivity contribution in [3.05, 3.63) is 53.8 Å². The number of para-hydroxylation sites is 1. The third-order valence-corrected chi connectivity index (χ3v) is 5.14. The molecule has 0 aliphatic rings. The first-order valence-electron chi connectivity index (χ1n) is 8.01. The van der Waals surface area contributed by atoms with Crippen molar-refractivity contribution in [3.8, 4) is 0 Å².